The quantitative estimate of drug-likeness (QED) is 0.899. The summed E-state index contributed by atoms with van der Waals surface area (Å²) in [5.74, 6) is -0.141. The van der Waals surface area contributed by atoms with Crippen molar-refractivity contribution >= 4 is 0 Å². The molecule has 1 N–H and O–H groups in total. The van der Waals surface area contributed by atoms with Gasteiger partial charge in [0.1, 0.15) is 5.82 Å². The van der Waals surface area contributed by atoms with Crippen molar-refractivity contribution < 1.29 is 4.39 Å². The highest BCUT2D eigenvalue weighted by atomic mass is 19.1. The van der Waals surface area contributed by atoms with E-state index in [1.165, 1.54) is 22.8 Å². The second kappa shape index (κ2) is 5.02. The molecule has 0 spiro atoms. The third kappa shape index (κ3) is 2.36. The standard InChI is InChI=1S/C18H20FN/c1-13-4-3-5-16(8-13)18(11-20-12-18)10-15-9-17(19)7-6-14(15)2/h3-9,20H,10-12H2,1-2H3. The Balaban J connectivity index is 1.96. The number of nitrogens with one attached hydrogen (secondary N) is 1. The van der Waals surface area contributed by atoms with Crippen LogP contribution in [0.5, 0.6) is 0 Å². The van der Waals surface area contributed by atoms with Gasteiger partial charge in [-0.2, -0.15) is 0 Å². The first-order valence-corrected chi connectivity index (χ1v) is 7.12. The molecule has 0 bridgehead atoms. The zero-order valence-corrected chi connectivity index (χ0v) is 12.0. The molecule has 0 atom stereocenters. The first kappa shape index (κ1) is 13.3. The minimum Gasteiger partial charge on any atom is -0.315 e. The van der Waals surface area contributed by atoms with Gasteiger partial charge < -0.3 is 5.32 Å². The van der Waals surface area contributed by atoms with Crippen LogP contribution in [0.3, 0.4) is 0 Å². The molecule has 0 unspecified atom stereocenters. The summed E-state index contributed by atoms with van der Waals surface area (Å²) in [4.78, 5) is 0. The molecule has 1 heterocycles. The van der Waals surface area contributed by atoms with Crippen LogP contribution < -0.4 is 5.32 Å². The lowest BCUT2D eigenvalue weighted by Gasteiger charge is -2.44. The molecule has 1 nitrogen and oxygen atoms in total. The van der Waals surface area contributed by atoms with Crippen molar-refractivity contribution in [3.05, 3.63) is 70.5 Å². The number of halogens is 1. The Bertz CT molecular complexity index is 629. The monoisotopic (exact) mass is 269 g/mol. The van der Waals surface area contributed by atoms with E-state index in [2.05, 4.69) is 43.4 Å². The van der Waals surface area contributed by atoms with E-state index in [1.807, 2.05) is 6.07 Å². The Morgan fingerprint density at radius 3 is 2.55 bits per heavy atom. The van der Waals surface area contributed by atoms with E-state index < -0.39 is 0 Å². The van der Waals surface area contributed by atoms with Crippen LogP contribution in [0.25, 0.3) is 0 Å². The van der Waals surface area contributed by atoms with Gasteiger partial charge in [-0.3, -0.25) is 0 Å². The number of hydrogen-bond donors (Lipinski definition) is 1. The van der Waals surface area contributed by atoms with Crippen molar-refractivity contribution in [2.24, 2.45) is 0 Å². The topological polar surface area (TPSA) is 12.0 Å². The van der Waals surface area contributed by atoms with Gasteiger partial charge in [-0.25, -0.2) is 4.39 Å². The van der Waals surface area contributed by atoms with Gasteiger partial charge in [-0.15, -0.1) is 0 Å². The molecule has 1 aliphatic heterocycles. The van der Waals surface area contributed by atoms with Crippen molar-refractivity contribution in [1.82, 2.24) is 5.32 Å². The van der Waals surface area contributed by atoms with Crippen LogP contribution in [0.4, 0.5) is 4.39 Å². The molecule has 1 aliphatic rings. The van der Waals surface area contributed by atoms with Crippen molar-refractivity contribution in [2.45, 2.75) is 25.7 Å². The Morgan fingerprint density at radius 1 is 1.10 bits per heavy atom. The van der Waals surface area contributed by atoms with Gasteiger partial charge in [0.2, 0.25) is 0 Å². The van der Waals surface area contributed by atoms with Crippen LogP contribution in [0, 0.1) is 19.7 Å². The van der Waals surface area contributed by atoms with E-state index in [0.717, 1.165) is 25.1 Å². The molecule has 0 amide bonds. The minimum absolute atomic E-state index is 0.116. The SMILES string of the molecule is Cc1cccc(C2(Cc3cc(F)ccc3C)CNC2)c1. The predicted molar refractivity (Wildman–Crippen MR) is 80.6 cm³/mol. The van der Waals surface area contributed by atoms with Crippen molar-refractivity contribution in [1.29, 1.82) is 0 Å². The Hall–Kier alpha value is -1.67. The summed E-state index contributed by atoms with van der Waals surface area (Å²) in [6, 6.07) is 13.8. The molecule has 104 valence electrons. The second-order valence-electron chi connectivity index (χ2n) is 6.00. The molecule has 0 aliphatic carbocycles. The van der Waals surface area contributed by atoms with E-state index >= 15 is 0 Å². The molecule has 2 aromatic rings. The van der Waals surface area contributed by atoms with Crippen molar-refractivity contribution in [3.63, 3.8) is 0 Å². The van der Waals surface area contributed by atoms with Crippen LogP contribution in [0.15, 0.2) is 42.5 Å². The fraction of sp³-hybridized carbons (Fsp3) is 0.333. The van der Waals surface area contributed by atoms with Crippen LogP contribution >= 0.6 is 0 Å². The third-order valence-electron chi connectivity index (χ3n) is 4.40. The summed E-state index contributed by atoms with van der Waals surface area (Å²) in [6.45, 7) is 6.11. The normalized spacial score (nSPS) is 16.8. The summed E-state index contributed by atoms with van der Waals surface area (Å²) in [5.41, 5.74) is 5.05. The lowest BCUT2D eigenvalue weighted by Crippen LogP contribution is -2.58. The zero-order chi connectivity index (χ0) is 14.2. The predicted octanol–water partition coefficient (Wildman–Crippen LogP) is 3.53. The molecule has 0 radical (unpaired) electrons. The van der Waals surface area contributed by atoms with Gasteiger partial charge >= 0.3 is 0 Å². The Kier molecular flexibility index (Phi) is 3.35. The molecular weight excluding hydrogens is 249 g/mol. The fourth-order valence-corrected chi connectivity index (χ4v) is 3.03. The molecule has 2 aromatic carbocycles. The average Bonchev–Trinajstić information content (AvgIpc) is 2.38. The lowest BCUT2D eigenvalue weighted by atomic mass is 9.70. The van der Waals surface area contributed by atoms with Gasteiger partial charge in [0.15, 0.2) is 0 Å². The number of aryl methyl sites for hydroxylation is 2. The van der Waals surface area contributed by atoms with Crippen molar-refractivity contribution in [3.8, 4) is 0 Å². The summed E-state index contributed by atoms with van der Waals surface area (Å²) in [6.07, 6.45) is 0.896. The van der Waals surface area contributed by atoms with E-state index in [4.69, 9.17) is 0 Å². The van der Waals surface area contributed by atoms with E-state index in [1.54, 1.807) is 6.07 Å². The van der Waals surface area contributed by atoms with Gasteiger partial charge in [-0.05, 0) is 49.1 Å². The maximum absolute atomic E-state index is 13.5. The highest BCUT2D eigenvalue weighted by Gasteiger charge is 2.39. The number of benzene rings is 2. The summed E-state index contributed by atoms with van der Waals surface area (Å²) >= 11 is 0. The Morgan fingerprint density at radius 2 is 1.90 bits per heavy atom. The number of rotatable bonds is 3. The number of hydrogen-bond acceptors (Lipinski definition) is 1. The summed E-state index contributed by atoms with van der Waals surface area (Å²) in [7, 11) is 0. The zero-order valence-electron chi connectivity index (χ0n) is 12.0. The summed E-state index contributed by atoms with van der Waals surface area (Å²) in [5, 5.41) is 3.38. The maximum Gasteiger partial charge on any atom is 0.123 e. The van der Waals surface area contributed by atoms with Crippen LogP contribution in [-0.2, 0) is 11.8 Å². The van der Waals surface area contributed by atoms with Gasteiger partial charge in [0, 0.05) is 18.5 Å². The molecule has 0 saturated carbocycles. The molecule has 1 saturated heterocycles. The van der Waals surface area contributed by atoms with E-state index in [9.17, 15) is 4.39 Å². The van der Waals surface area contributed by atoms with Crippen LogP contribution in [-0.4, -0.2) is 13.1 Å². The Labute approximate surface area is 119 Å². The minimum atomic E-state index is -0.141. The summed E-state index contributed by atoms with van der Waals surface area (Å²) < 4.78 is 13.5. The molecule has 1 fully saturated rings. The highest BCUT2D eigenvalue weighted by molar-refractivity contribution is 5.38. The molecular formula is C18H20FN. The molecule has 20 heavy (non-hydrogen) atoms. The van der Waals surface area contributed by atoms with Crippen LogP contribution in [0.2, 0.25) is 0 Å². The maximum atomic E-state index is 13.5. The van der Waals surface area contributed by atoms with E-state index in [0.29, 0.717) is 0 Å². The first-order valence-electron chi connectivity index (χ1n) is 7.12. The van der Waals surface area contributed by atoms with Crippen molar-refractivity contribution in [2.75, 3.05) is 13.1 Å². The second-order valence-corrected chi connectivity index (χ2v) is 6.00. The van der Waals surface area contributed by atoms with Gasteiger partial charge in [0.25, 0.3) is 0 Å². The first-order chi connectivity index (χ1) is 9.59. The fourth-order valence-electron chi connectivity index (χ4n) is 3.03. The average molecular weight is 269 g/mol. The highest BCUT2D eigenvalue weighted by Crippen LogP contribution is 2.34. The third-order valence-corrected chi connectivity index (χ3v) is 4.40. The molecule has 0 aromatic heterocycles. The smallest absolute Gasteiger partial charge is 0.123 e. The largest absolute Gasteiger partial charge is 0.315 e. The molecule has 2 heteroatoms. The van der Waals surface area contributed by atoms with E-state index in [-0.39, 0.29) is 11.2 Å². The van der Waals surface area contributed by atoms with Gasteiger partial charge in [-0.1, -0.05) is 35.9 Å². The molecule has 3 rings (SSSR count). The lowest BCUT2D eigenvalue weighted by molar-refractivity contribution is 0.274. The van der Waals surface area contributed by atoms with Crippen LogP contribution in [0.1, 0.15) is 22.3 Å². The van der Waals surface area contributed by atoms with Gasteiger partial charge in [0.05, 0.1) is 0 Å².